The van der Waals surface area contributed by atoms with Crippen molar-refractivity contribution in [2.45, 2.75) is 19.3 Å². The van der Waals surface area contributed by atoms with Gasteiger partial charge in [0.15, 0.2) is 5.82 Å². The summed E-state index contributed by atoms with van der Waals surface area (Å²) in [5.41, 5.74) is 5.26. The second kappa shape index (κ2) is 3.94. The fraction of sp³-hybridized carbons (Fsp3) is 0.500. The van der Waals surface area contributed by atoms with Gasteiger partial charge in [-0.3, -0.25) is 9.78 Å². The van der Waals surface area contributed by atoms with Crippen molar-refractivity contribution >= 4 is 11.7 Å². The predicted octanol–water partition coefficient (Wildman–Crippen LogP) is 0.544. The second-order valence-corrected chi connectivity index (χ2v) is 3.88. The summed E-state index contributed by atoms with van der Waals surface area (Å²) in [6.45, 7) is 0.402. The van der Waals surface area contributed by atoms with Crippen LogP contribution in [0.3, 0.4) is 0 Å². The van der Waals surface area contributed by atoms with Crippen LogP contribution in [0, 0.1) is 5.41 Å². The van der Waals surface area contributed by atoms with Gasteiger partial charge in [0.2, 0.25) is 5.91 Å². The largest absolute Gasteiger partial charge is 0.329 e. The topological polar surface area (TPSA) is 80.9 Å². The number of amides is 1. The molecule has 1 amide bonds. The van der Waals surface area contributed by atoms with Gasteiger partial charge in [-0.2, -0.15) is 0 Å². The highest BCUT2D eigenvalue weighted by atomic mass is 16.2. The van der Waals surface area contributed by atoms with Crippen molar-refractivity contribution in [3.8, 4) is 0 Å². The van der Waals surface area contributed by atoms with Crippen LogP contribution in [0.5, 0.6) is 0 Å². The van der Waals surface area contributed by atoms with Crippen molar-refractivity contribution in [3.05, 3.63) is 18.6 Å². The monoisotopic (exact) mass is 206 g/mol. The highest BCUT2D eigenvalue weighted by Crippen LogP contribution is 2.40. The van der Waals surface area contributed by atoms with Gasteiger partial charge >= 0.3 is 0 Å². The van der Waals surface area contributed by atoms with Crippen molar-refractivity contribution in [2.24, 2.45) is 11.1 Å². The predicted molar refractivity (Wildman–Crippen MR) is 56.0 cm³/mol. The quantitative estimate of drug-likeness (QED) is 0.756. The van der Waals surface area contributed by atoms with E-state index >= 15 is 0 Å². The molecule has 1 aliphatic carbocycles. The van der Waals surface area contributed by atoms with E-state index in [2.05, 4.69) is 15.3 Å². The fourth-order valence-corrected chi connectivity index (χ4v) is 1.74. The molecule has 0 unspecified atom stereocenters. The van der Waals surface area contributed by atoms with E-state index in [-0.39, 0.29) is 11.3 Å². The van der Waals surface area contributed by atoms with E-state index in [0.717, 1.165) is 19.3 Å². The lowest BCUT2D eigenvalue weighted by molar-refractivity contribution is -0.129. The number of nitrogens with zero attached hydrogens (tertiary/aromatic N) is 2. The van der Waals surface area contributed by atoms with E-state index < -0.39 is 0 Å². The van der Waals surface area contributed by atoms with E-state index in [1.165, 1.54) is 6.20 Å². The number of carbonyl (C=O) groups is 1. The van der Waals surface area contributed by atoms with Gasteiger partial charge in [-0.15, -0.1) is 0 Å². The first kappa shape index (κ1) is 10.0. The van der Waals surface area contributed by atoms with Crippen molar-refractivity contribution < 1.29 is 4.79 Å². The van der Waals surface area contributed by atoms with E-state index in [4.69, 9.17) is 5.73 Å². The summed E-state index contributed by atoms with van der Waals surface area (Å²) in [4.78, 5) is 19.8. The molecule has 0 saturated heterocycles. The number of hydrogen-bond acceptors (Lipinski definition) is 4. The molecule has 80 valence electrons. The van der Waals surface area contributed by atoms with Crippen LogP contribution in [0.4, 0.5) is 5.82 Å². The van der Waals surface area contributed by atoms with Crippen LogP contribution in [0.25, 0.3) is 0 Å². The third-order valence-corrected chi connectivity index (χ3v) is 2.99. The summed E-state index contributed by atoms with van der Waals surface area (Å²) in [6.07, 6.45) is 7.46. The Kier molecular flexibility index (Phi) is 2.64. The van der Waals surface area contributed by atoms with Crippen molar-refractivity contribution in [3.63, 3.8) is 0 Å². The Morgan fingerprint density at radius 1 is 1.53 bits per heavy atom. The summed E-state index contributed by atoms with van der Waals surface area (Å²) in [6, 6.07) is 0. The SMILES string of the molecule is NCC1(C(=O)Nc2cnccn2)CCC1. The molecule has 0 bridgehead atoms. The Morgan fingerprint density at radius 3 is 2.80 bits per heavy atom. The van der Waals surface area contributed by atoms with Gasteiger partial charge in [0, 0.05) is 18.9 Å². The van der Waals surface area contributed by atoms with E-state index in [9.17, 15) is 4.79 Å². The number of nitrogens with two attached hydrogens (primary N) is 1. The number of hydrogen-bond donors (Lipinski definition) is 2. The maximum Gasteiger partial charge on any atom is 0.233 e. The molecule has 1 aromatic rings. The van der Waals surface area contributed by atoms with Gasteiger partial charge in [0.25, 0.3) is 0 Å². The van der Waals surface area contributed by atoms with Gasteiger partial charge in [-0.1, -0.05) is 6.42 Å². The van der Waals surface area contributed by atoms with E-state index in [0.29, 0.717) is 12.4 Å². The molecule has 3 N–H and O–H groups in total. The summed E-state index contributed by atoms with van der Waals surface area (Å²) in [5.74, 6) is 0.457. The molecule has 0 aromatic carbocycles. The lowest BCUT2D eigenvalue weighted by atomic mass is 9.68. The van der Waals surface area contributed by atoms with Crippen molar-refractivity contribution in [2.75, 3.05) is 11.9 Å². The van der Waals surface area contributed by atoms with Crippen LogP contribution in [0.15, 0.2) is 18.6 Å². The summed E-state index contributed by atoms with van der Waals surface area (Å²) in [5, 5.41) is 2.74. The zero-order valence-corrected chi connectivity index (χ0v) is 8.44. The Bertz CT molecular complexity index is 342. The standard InChI is InChI=1S/C10H14N4O/c11-7-10(2-1-3-10)9(15)14-8-6-12-4-5-13-8/h4-6H,1-3,7,11H2,(H,13,14,15). The Balaban J connectivity index is 2.04. The maximum atomic E-state index is 11.9. The van der Waals surface area contributed by atoms with Crippen LogP contribution >= 0.6 is 0 Å². The highest BCUT2D eigenvalue weighted by molar-refractivity contribution is 5.95. The minimum absolute atomic E-state index is 0.0308. The number of anilines is 1. The van der Waals surface area contributed by atoms with Crippen LogP contribution in [-0.4, -0.2) is 22.4 Å². The molecule has 15 heavy (non-hydrogen) atoms. The Morgan fingerprint density at radius 2 is 2.33 bits per heavy atom. The average Bonchev–Trinajstić information content (AvgIpc) is 2.18. The summed E-state index contributed by atoms with van der Waals surface area (Å²) >= 11 is 0. The van der Waals surface area contributed by atoms with Crippen molar-refractivity contribution in [1.82, 2.24) is 9.97 Å². The third-order valence-electron chi connectivity index (χ3n) is 2.99. The molecule has 1 saturated carbocycles. The zero-order chi connectivity index (χ0) is 10.7. The van der Waals surface area contributed by atoms with E-state index in [1.807, 2.05) is 0 Å². The molecule has 0 radical (unpaired) electrons. The molecule has 1 fully saturated rings. The smallest absolute Gasteiger partial charge is 0.233 e. The van der Waals surface area contributed by atoms with Gasteiger partial charge in [0.05, 0.1) is 11.6 Å². The molecule has 0 spiro atoms. The molecule has 0 atom stereocenters. The molecular weight excluding hydrogens is 192 g/mol. The van der Waals surface area contributed by atoms with Crippen LogP contribution in [-0.2, 0) is 4.79 Å². The van der Waals surface area contributed by atoms with Gasteiger partial charge in [-0.05, 0) is 12.8 Å². The lowest BCUT2D eigenvalue weighted by Gasteiger charge is -2.38. The van der Waals surface area contributed by atoms with Crippen LogP contribution in [0.1, 0.15) is 19.3 Å². The Labute approximate surface area is 88.1 Å². The number of nitrogens with one attached hydrogen (secondary N) is 1. The molecule has 1 aliphatic rings. The van der Waals surface area contributed by atoms with Gasteiger partial charge in [0.1, 0.15) is 0 Å². The first-order valence-corrected chi connectivity index (χ1v) is 5.04. The van der Waals surface area contributed by atoms with Crippen LogP contribution < -0.4 is 11.1 Å². The molecule has 2 rings (SSSR count). The fourth-order valence-electron chi connectivity index (χ4n) is 1.74. The van der Waals surface area contributed by atoms with Crippen LogP contribution in [0.2, 0.25) is 0 Å². The molecule has 5 nitrogen and oxygen atoms in total. The minimum atomic E-state index is -0.364. The van der Waals surface area contributed by atoms with Gasteiger partial charge in [-0.25, -0.2) is 4.98 Å². The number of rotatable bonds is 3. The number of aromatic nitrogens is 2. The molecular formula is C10H14N4O. The van der Waals surface area contributed by atoms with E-state index in [1.54, 1.807) is 12.4 Å². The molecule has 1 aromatic heterocycles. The summed E-state index contributed by atoms with van der Waals surface area (Å²) < 4.78 is 0. The molecule has 5 heteroatoms. The Hall–Kier alpha value is -1.49. The first-order valence-electron chi connectivity index (χ1n) is 5.04. The highest BCUT2D eigenvalue weighted by Gasteiger charge is 2.42. The van der Waals surface area contributed by atoms with Gasteiger partial charge < -0.3 is 11.1 Å². The molecule has 0 aliphatic heterocycles. The first-order chi connectivity index (χ1) is 7.27. The lowest BCUT2D eigenvalue weighted by Crippen LogP contribution is -2.47. The minimum Gasteiger partial charge on any atom is -0.329 e. The number of carbonyl (C=O) groups excluding carboxylic acids is 1. The maximum absolute atomic E-state index is 11.9. The van der Waals surface area contributed by atoms with Crippen molar-refractivity contribution in [1.29, 1.82) is 0 Å². The normalized spacial score (nSPS) is 17.9. The third kappa shape index (κ3) is 1.83. The molecule has 1 heterocycles. The summed E-state index contributed by atoms with van der Waals surface area (Å²) in [7, 11) is 0. The average molecular weight is 206 g/mol. The second-order valence-electron chi connectivity index (χ2n) is 3.88. The zero-order valence-electron chi connectivity index (χ0n) is 8.44.